The highest BCUT2D eigenvalue weighted by atomic mass is 32.2. The Morgan fingerprint density at radius 1 is 1.35 bits per heavy atom. The third-order valence-electron chi connectivity index (χ3n) is 4.57. The molecule has 0 aromatic carbocycles. The predicted molar refractivity (Wildman–Crippen MR) is 83.1 cm³/mol. The van der Waals surface area contributed by atoms with Gasteiger partial charge in [0, 0.05) is 18.0 Å². The van der Waals surface area contributed by atoms with Gasteiger partial charge in [-0.05, 0) is 50.7 Å². The van der Waals surface area contributed by atoms with Crippen LogP contribution in [0.1, 0.15) is 37.2 Å². The van der Waals surface area contributed by atoms with Gasteiger partial charge in [-0.3, -0.25) is 4.90 Å². The van der Waals surface area contributed by atoms with Crippen molar-refractivity contribution in [1.82, 2.24) is 19.4 Å². The van der Waals surface area contributed by atoms with Gasteiger partial charge in [-0.2, -0.15) is 11.8 Å². The molecule has 2 fully saturated rings. The monoisotopic (exact) mass is 288 g/mol. The summed E-state index contributed by atoms with van der Waals surface area (Å²) in [5.74, 6) is 3.70. The van der Waals surface area contributed by atoms with E-state index in [1.807, 2.05) is 12.3 Å². The molecule has 2 aliphatic heterocycles. The summed E-state index contributed by atoms with van der Waals surface area (Å²) in [5.41, 5.74) is 2.13. The summed E-state index contributed by atoms with van der Waals surface area (Å²) >= 11 is 2.05. The van der Waals surface area contributed by atoms with Crippen LogP contribution in [0.2, 0.25) is 0 Å². The molecule has 20 heavy (non-hydrogen) atoms. The van der Waals surface area contributed by atoms with Gasteiger partial charge in [0.05, 0.1) is 6.04 Å². The van der Waals surface area contributed by atoms with E-state index in [9.17, 15) is 0 Å². The lowest BCUT2D eigenvalue weighted by Crippen LogP contribution is -2.23. The van der Waals surface area contributed by atoms with E-state index in [0.717, 1.165) is 11.2 Å². The van der Waals surface area contributed by atoms with Crippen LogP contribution < -0.4 is 0 Å². The maximum absolute atomic E-state index is 4.94. The highest BCUT2D eigenvalue weighted by Crippen LogP contribution is 2.37. The van der Waals surface area contributed by atoms with Gasteiger partial charge >= 0.3 is 0 Å². The maximum atomic E-state index is 4.94. The summed E-state index contributed by atoms with van der Waals surface area (Å²) in [6, 6.07) is 5.13. The smallest absolute Gasteiger partial charge is 0.160 e. The first-order chi connectivity index (χ1) is 9.84. The number of hydrogen-bond donors (Lipinski definition) is 0. The van der Waals surface area contributed by atoms with Gasteiger partial charge in [0.2, 0.25) is 0 Å². The lowest BCUT2D eigenvalue weighted by molar-refractivity contribution is 0.294. The number of likely N-dealkylation sites (tertiary alicyclic amines) is 1. The average Bonchev–Trinajstić information content (AvgIpc) is 3.15. The van der Waals surface area contributed by atoms with Crippen molar-refractivity contribution >= 4 is 22.9 Å². The summed E-state index contributed by atoms with van der Waals surface area (Å²) in [5, 5.41) is 0. The van der Waals surface area contributed by atoms with E-state index in [1.54, 1.807) is 0 Å². The van der Waals surface area contributed by atoms with E-state index >= 15 is 0 Å². The Bertz CT molecular complexity index is 617. The molecule has 0 radical (unpaired) electrons. The largest absolute Gasteiger partial charge is 0.307 e. The summed E-state index contributed by atoms with van der Waals surface area (Å²) < 4.78 is 2.45. The number of imidazole rings is 1. The Labute approximate surface area is 123 Å². The van der Waals surface area contributed by atoms with Crippen molar-refractivity contribution in [3.05, 3.63) is 24.2 Å². The average molecular weight is 288 g/mol. The number of rotatable bonds is 2. The first-order valence-electron chi connectivity index (χ1n) is 7.45. The fourth-order valence-electron chi connectivity index (χ4n) is 3.50. The fraction of sp³-hybridized carbons (Fsp3) is 0.600. The van der Waals surface area contributed by atoms with Crippen LogP contribution in [-0.2, 0) is 0 Å². The molecule has 4 nitrogen and oxygen atoms in total. The Kier molecular flexibility index (Phi) is 3.19. The van der Waals surface area contributed by atoms with Crippen molar-refractivity contribution in [1.29, 1.82) is 0 Å². The minimum atomic E-state index is 0.467. The van der Waals surface area contributed by atoms with Crippen LogP contribution in [0.25, 0.3) is 11.2 Å². The van der Waals surface area contributed by atoms with Crippen LogP contribution in [0.15, 0.2) is 18.3 Å². The second-order valence-corrected chi connectivity index (χ2v) is 6.99. The second kappa shape index (κ2) is 5.04. The summed E-state index contributed by atoms with van der Waals surface area (Å²) in [6.45, 7) is 1.18. The van der Waals surface area contributed by atoms with Crippen LogP contribution in [0.4, 0.5) is 0 Å². The van der Waals surface area contributed by atoms with E-state index in [0.29, 0.717) is 12.1 Å². The van der Waals surface area contributed by atoms with Crippen molar-refractivity contribution in [2.45, 2.75) is 31.3 Å². The minimum Gasteiger partial charge on any atom is -0.307 e. The standard InChI is InChI=1S/C15H20N4S/c1-18-8-3-5-13(18)15-17-12-4-2-7-16-14(12)19(15)11-6-9-20-10-11/h2,4,7,11,13H,3,5-6,8-10H2,1H3. The van der Waals surface area contributed by atoms with E-state index in [2.05, 4.69) is 39.3 Å². The molecule has 0 N–H and O–H groups in total. The van der Waals surface area contributed by atoms with E-state index in [-0.39, 0.29) is 0 Å². The molecule has 5 heteroatoms. The van der Waals surface area contributed by atoms with Gasteiger partial charge in [0.15, 0.2) is 5.65 Å². The third-order valence-corrected chi connectivity index (χ3v) is 5.71. The molecule has 0 amide bonds. The SMILES string of the molecule is CN1CCCC1c1nc2cccnc2n1C1CCSC1. The summed E-state index contributed by atoms with van der Waals surface area (Å²) in [4.78, 5) is 12.0. The lowest BCUT2D eigenvalue weighted by atomic mass is 10.2. The highest BCUT2D eigenvalue weighted by Gasteiger charge is 2.31. The lowest BCUT2D eigenvalue weighted by Gasteiger charge is -2.23. The molecule has 0 aliphatic carbocycles. The minimum absolute atomic E-state index is 0.467. The molecule has 2 saturated heterocycles. The summed E-state index contributed by atoms with van der Waals surface area (Å²) in [6.07, 6.45) is 5.64. The van der Waals surface area contributed by atoms with Crippen LogP contribution >= 0.6 is 11.8 Å². The Balaban J connectivity index is 1.87. The molecule has 106 valence electrons. The van der Waals surface area contributed by atoms with Crippen LogP contribution in [0.5, 0.6) is 0 Å². The molecular formula is C15H20N4S. The number of hydrogen-bond acceptors (Lipinski definition) is 4. The normalized spacial score (nSPS) is 27.6. The molecule has 0 bridgehead atoms. The topological polar surface area (TPSA) is 34.0 Å². The quantitative estimate of drug-likeness (QED) is 0.851. The second-order valence-electron chi connectivity index (χ2n) is 5.84. The van der Waals surface area contributed by atoms with Gasteiger partial charge in [-0.15, -0.1) is 0 Å². The van der Waals surface area contributed by atoms with Crippen molar-refractivity contribution in [3.63, 3.8) is 0 Å². The molecule has 4 rings (SSSR count). The van der Waals surface area contributed by atoms with Crippen LogP contribution in [-0.4, -0.2) is 44.5 Å². The zero-order chi connectivity index (χ0) is 13.5. The van der Waals surface area contributed by atoms with Crippen molar-refractivity contribution in [3.8, 4) is 0 Å². The highest BCUT2D eigenvalue weighted by molar-refractivity contribution is 7.99. The van der Waals surface area contributed by atoms with E-state index < -0.39 is 0 Å². The van der Waals surface area contributed by atoms with E-state index in [1.165, 1.54) is 43.1 Å². The molecule has 2 unspecified atom stereocenters. The number of fused-ring (bicyclic) bond motifs is 1. The number of aromatic nitrogens is 3. The molecule has 0 spiro atoms. The molecule has 2 atom stereocenters. The molecular weight excluding hydrogens is 268 g/mol. The molecule has 2 aliphatic rings. The van der Waals surface area contributed by atoms with Gasteiger partial charge in [0.25, 0.3) is 0 Å². The van der Waals surface area contributed by atoms with Gasteiger partial charge < -0.3 is 4.57 Å². The van der Waals surface area contributed by atoms with Gasteiger partial charge in [-0.1, -0.05) is 0 Å². The maximum Gasteiger partial charge on any atom is 0.160 e. The number of thioether (sulfide) groups is 1. The van der Waals surface area contributed by atoms with Crippen molar-refractivity contribution < 1.29 is 0 Å². The Hall–Kier alpha value is -1.07. The van der Waals surface area contributed by atoms with Crippen LogP contribution in [0.3, 0.4) is 0 Å². The van der Waals surface area contributed by atoms with E-state index in [4.69, 9.17) is 4.98 Å². The first kappa shape index (κ1) is 12.7. The van der Waals surface area contributed by atoms with Crippen molar-refractivity contribution in [2.75, 3.05) is 25.1 Å². The summed E-state index contributed by atoms with van der Waals surface area (Å²) in [7, 11) is 2.22. The third kappa shape index (κ3) is 1.95. The van der Waals surface area contributed by atoms with Crippen LogP contribution in [0, 0.1) is 0 Å². The molecule has 0 saturated carbocycles. The molecule has 4 heterocycles. The van der Waals surface area contributed by atoms with Crippen molar-refractivity contribution in [2.24, 2.45) is 0 Å². The zero-order valence-corrected chi connectivity index (χ0v) is 12.6. The fourth-order valence-corrected chi connectivity index (χ4v) is 4.70. The molecule has 2 aromatic heterocycles. The zero-order valence-electron chi connectivity index (χ0n) is 11.8. The predicted octanol–water partition coefficient (Wildman–Crippen LogP) is 2.88. The Morgan fingerprint density at radius 2 is 2.30 bits per heavy atom. The van der Waals surface area contributed by atoms with Gasteiger partial charge in [0.1, 0.15) is 11.3 Å². The number of nitrogens with zero attached hydrogens (tertiary/aromatic N) is 4. The Morgan fingerprint density at radius 3 is 3.05 bits per heavy atom. The number of pyridine rings is 1. The van der Waals surface area contributed by atoms with Gasteiger partial charge in [-0.25, -0.2) is 9.97 Å². The molecule has 2 aromatic rings. The first-order valence-corrected chi connectivity index (χ1v) is 8.61.